The van der Waals surface area contributed by atoms with Gasteiger partial charge in [-0.3, -0.25) is 20.2 Å². The first-order valence-electron chi connectivity index (χ1n) is 9.91. The molecule has 1 amide bonds. The maximum Gasteiger partial charge on any atom is 0.270 e. The highest BCUT2D eigenvalue weighted by Gasteiger charge is 2.23. The number of nitrogens with zero attached hydrogens (tertiary/aromatic N) is 3. The largest absolute Gasteiger partial charge is 0.496 e. The van der Waals surface area contributed by atoms with E-state index in [0.717, 1.165) is 37.1 Å². The van der Waals surface area contributed by atoms with E-state index in [1.807, 2.05) is 30.5 Å². The number of carbonyl (C=O) groups excluding carboxylic acids is 1. The van der Waals surface area contributed by atoms with Crippen molar-refractivity contribution in [3.63, 3.8) is 0 Å². The van der Waals surface area contributed by atoms with Crippen LogP contribution in [0.4, 0.5) is 16.5 Å². The molecule has 8 nitrogen and oxygen atoms in total. The molecular weight excluding hydrogens is 416 g/mol. The van der Waals surface area contributed by atoms with E-state index >= 15 is 0 Å². The molecule has 4 rings (SSSR count). The van der Waals surface area contributed by atoms with Crippen molar-refractivity contribution in [3.8, 4) is 17.0 Å². The topological polar surface area (TPSA) is 97.6 Å². The molecule has 0 atom stereocenters. The molecule has 1 aromatic heterocycles. The van der Waals surface area contributed by atoms with Crippen LogP contribution in [0.25, 0.3) is 11.3 Å². The molecule has 1 fully saturated rings. The monoisotopic (exact) mass is 438 g/mol. The van der Waals surface area contributed by atoms with Gasteiger partial charge in [0.05, 0.1) is 29.0 Å². The van der Waals surface area contributed by atoms with Gasteiger partial charge in [-0.05, 0) is 38.0 Å². The molecule has 0 unspecified atom stereocenters. The molecule has 2 aromatic carbocycles. The SMILES string of the molecule is COc1ccc(C)cc1-c1csc(NC(=O)c2cc([N+](=O)[O-])ccc2N2CCCC2)n1. The summed E-state index contributed by atoms with van der Waals surface area (Å²) < 4.78 is 5.43. The minimum atomic E-state index is -0.490. The number of amides is 1. The zero-order valence-electron chi connectivity index (χ0n) is 17.3. The zero-order valence-corrected chi connectivity index (χ0v) is 18.1. The molecule has 1 N–H and O–H groups in total. The van der Waals surface area contributed by atoms with Crippen molar-refractivity contribution < 1.29 is 14.5 Å². The first kappa shape index (κ1) is 20.8. The molecule has 0 saturated carbocycles. The number of methoxy groups -OCH3 is 1. The number of aromatic nitrogens is 1. The van der Waals surface area contributed by atoms with E-state index in [1.165, 1.54) is 23.5 Å². The predicted octanol–water partition coefficient (Wildman–Crippen LogP) is 4.89. The minimum Gasteiger partial charge on any atom is -0.496 e. The van der Waals surface area contributed by atoms with Gasteiger partial charge in [0, 0.05) is 36.2 Å². The second kappa shape index (κ2) is 8.73. The van der Waals surface area contributed by atoms with Gasteiger partial charge in [-0.2, -0.15) is 0 Å². The van der Waals surface area contributed by atoms with Crippen LogP contribution in [0.1, 0.15) is 28.8 Å². The second-order valence-corrected chi connectivity index (χ2v) is 8.21. The molecule has 0 bridgehead atoms. The maximum absolute atomic E-state index is 13.1. The van der Waals surface area contributed by atoms with Crippen LogP contribution >= 0.6 is 11.3 Å². The normalized spacial score (nSPS) is 13.3. The third-order valence-electron chi connectivity index (χ3n) is 5.24. The zero-order chi connectivity index (χ0) is 22.0. The fraction of sp³-hybridized carbons (Fsp3) is 0.273. The standard InChI is InChI=1S/C22H22N4O4S/c1-14-5-8-20(30-2)16(11-14)18-13-31-22(23-18)24-21(27)17-12-15(26(28)29)6-7-19(17)25-9-3-4-10-25/h5-8,11-13H,3-4,9-10H2,1-2H3,(H,23,24,27). The second-order valence-electron chi connectivity index (χ2n) is 7.35. The number of non-ortho nitro benzene ring substituents is 1. The molecule has 1 saturated heterocycles. The predicted molar refractivity (Wildman–Crippen MR) is 121 cm³/mol. The average Bonchev–Trinajstić information content (AvgIpc) is 3.45. The van der Waals surface area contributed by atoms with E-state index in [9.17, 15) is 14.9 Å². The van der Waals surface area contributed by atoms with E-state index in [4.69, 9.17) is 4.74 Å². The van der Waals surface area contributed by atoms with Crippen LogP contribution in [0, 0.1) is 17.0 Å². The number of nitro benzene ring substituents is 1. The Morgan fingerprint density at radius 2 is 2.00 bits per heavy atom. The Morgan fingerprint density at radius 1 is 1.23 bits per heavy atom. The lowest BCUT2D eigenvalue weighted by molar-refractivity contribution is -0.384. The van der Waals surface area contributed by atoms with E-state index in [0.29, 0.717) is 22.3 Å². The van der Waals surface area contributed by atoms with E-state index < -0.39 is 10.8 Å². The Hall–Kier alpha value is -3.46. The molecular formula is C22H22N4O4S. The van der Waals surface area contributed by atoms with Crippen LogP contribution in [0.15, 0.2) is 41.8 Å². The van der Waals surface area contributed by atoms with Crippen LogP contribution in [0.3, 0.4) is 0 Å². The first-order chi connectivity index (χ1) is 15.0. The number of thiazole rings is 1. The first-order valence-corrected chi connectivity index (χ1v) is 10.8. The van der Waals surface area contributed by atoms with Gasteiger partial charge in [-0.15, -0.1) is 11.3 Å². The Labute approximate surface area is 183 Å². The van der Waals surface area contributed by atoms with Crippen molar-refractivity contribution >= 4 is 33.8 Å². The Bertz CT molecular complexity index is 1140. The summed E-state index contributed by atoms with van der Waals surface area (Å²) in [6.07, 6.45) is 2.07. The number of carbonyl (C=O) groups is 1. The molecule has 2 heterocycles. The van der Waals surface area contributed by atoms with Gasteiger partial charge in [0.1, 0.15) is 5.75 Å². The summed E-state index contributed by atoms with van der Waals surface area (Å²) in [7, 11) is 1.60. The minimum absolute atomic E-state index is 0.113. The Kier molecular flexibility index (Phi) is 5.85. The third-order valence-corrected chi connectivity index (χ3v) is 6.00. The van der Waals surface area contributed by atoms with Crippen molar-refractivity contribution in [2.75, 3.05) is 30.4 Å². The van der Waals surface area contributed by atoms with Crippen molar-refractivity contribution in [2.45, 2.75) is 19.8 Å². The van der Waals surface area contributed by atoms with Crippen LogP contribution in [-0.2, 0) is 0 Å². The lowest BCUT2D eigenvalue weighted by Crippen LogP contribution is -2.23. The van der Waals surface area contributed by atoms with Gasteiger partial charge in [-0.25, -0.2) is 4.98 Å². The lowest BCUT2D eigenvalue weighted by Gasteiger charge is -2.20. The van der Waals surface area contributed by atoms with Crippen molar-refractivity contribution in [1.29, 1.82) is 0 Å². The van der Waals surface area contributed by atoms with Crippen LogP contribution in [-0.4, -0.2) is 36.0 Å². The summed E-state index contributed by atoms with van der Waals surface area (Å²) in [5.74, 6) is 0.284. The van der Waals surface area contributed by atoms with E-state index in [1.54, 1.807) is 13.2 Å². The molecule has 31 heavy (non-hydrogen) atoms. The number of aryl methyl sites for hydroxylation is 1. The number of benzene rings is 2. The molecule has 1 aliphatic rings. The summed E-state index contributed by atoms with van der Waals surface area (Å²) in [5, 5.41) is 16.3. The molecule has 0 radical (unpaired) electrons. The van der Waals surface area contributed by atoms with Gasteiger partial charge < -0.3 is 9.64 Å². The number of rotatable bonds is 6. The highest BCUT2D eigenvalue weighted by molar-refractivity contribution is 7.14. The highest BCUT2D eigenvalue weighted by Crippen LogP contribution is 2.34. The number of hydrogen-bond donors (Lipinski definition) is 1. The van der Waals surface area contributed by atoms with E-state index in [2.05, 4.69) is 15.2 Å². The molecule has 9 heteroatoms. The Balaban J connectivity index is 1.63. The van der Waals surface area contributed by atoms with Gasteiger partial charge in [0.25, 0.3) is 11.6 Å². The smallest absolute Gasteiger partial charge is 0.270 e. The van der Waals surface area contributed by atoms with Gasteiger partial charge in [0.2, 0.25) is 0 Å². The third kappa shape index (κ3) is 4.36. The fourth-order valence-electron chi connectivity index (χ4n) is 3.69. The molecule has 160 valence electrons. The van der Waals surface area contributed by atoms with Crippen molar-refractivity contribution in [2.24, 2.45) is 0 Å². The van der Waals surface area contributed by atoms with Crippen molar-refractivity contribution in [1.82, 2.24) is 4.98 Å². The van der Waals surface area contributed by atoms with Gasteiger partial charge in [-0.1, -0.05) is 11.6 Å². The molecule has 1 aliphatic heterocycles. The number of nitrogens with one attached hydrogen (secondary N) is 1. The van der Waals surface area contributed by atoms with Crippen LogP contribution in [0.2, 0.25) is 0 Å². The Morgan fingerprint density at radius 3 is 2.71 bits per heavy atom. The number of ether oxygens (including phenoxy) is 1. The highest BCUT2D eigenvalue weighted by atomic mass is 32.1. The summed E-state index contributed by atoms with van der Waals surface area (Å²) in [4.78, 5) is 30.5. The average molecular weight is 439 g/mol. The summed E-state index contributed by atoms with van der Waals surface area (Å²) >= 11 is 1.29. The molecule has 0 spiro atoms. The number of anilines is 2. The lowest BCUT2D eigenvalue weighted by atomic mass is 10.1. The summed E-state index contributed by atoms with van der Waals surface area (Å²) in [6.45, 7) is 3.64. The summed E-state index contributed by atoms with van der Waals surface area (Å²) in [6, 6.07) is 10.2. The molecule has 3 aromatic rings. The van der Waals surface area contributed by atoms with Gasteiger partial charge >= 0.3 is 0 Å². The fourth-order valence-corrected chi connectivity index (χ4v) is 4.40. The quantitative estimate of drug-likeness (QED) is 0.435. The van der Waals surface area contributed by atoms with Crippen molar-refractivity contribution in [3.05, 3.63) is 63.0 Å². The van der Waals surface area contributed by atoms with E-state index in [-0.39, 0.29) is 11.3 Å². The number of hydrogen-bond acceptors (Lipinski definition) is 7. The molecule has 0 aliphatic carbocycles. The maximum atomic E-state index is 13.1. The number of nitro groups is 1. The van der Waals surface area contributed by atoms with Gasteiger partial charge in [0.15, 0.2) is 5.13 Å². The van der Waals surface area contributed by atoms with Crippen LogP contribution < -0.4 is 15.0 Å². The van der Waals surface area contributed by atoms with Crippen LogP contribution in [0.5, 0.6) is 5.75 Å². The summed E-state index contributed by atoms with van der Waals surface area (Å²) in [5.41, 5.74) is 3.48.